The van der Waals surface area contributed by atoms with Crippen molar-refractivity contribution in [2.75, 3.05) is 13.4 Å². The van der Waals surface area contributed by atoms with E-state index in [1.165, 1.54) is 0 Å². The SMILES string of the molecule is CC(C)(COc1ccc2c(c1)OCO2)CC(=O)O. The van der Waals surface area contributed by atoms with E-state index in [9.17, 15) is 4.79 Å². The average molecular weight is 252 g/mol. The molecule has 5 nitrogen and oxygen atoms in total. The normalized spacial score (nSPS) is 13.4. The van der Waals surface area contributed by atoms with Gasteiger partial charge in [0.05, 0.1) is 13.0 Å². The topological polar surface area (TPSA) is 65.0 Å². The molecule has 18 heavy (non-hydrogen) atoms. The van der Waals surface area contributed by atoms with Crippen LogP contribution in [-0.4, -0.2) is 24.5 Å². The molecule has 0 saturated carbocycles. The van der Waals surface area contributed by atoms with Gasteiger partial charge >= 0.3 is 5.97 Å². The van der Waals surface area contributed by atoms with Gasteiger partial charge in [-0.2, -0.15) is 0 Å². The van der Waals surface area contributed by atoms with Crippen LogP contribution in [0.25, 0.3) is 0 Å². The van der Waals surface area contributed by atoms with Gasteiger partial charge in [0.2, 0.25) is 6.79 Å². The molecule has 1 aromatic rings. The molecule has 0 atom stereocenters. The minimum absolute atomic E-state index is 0.0670. The lowest BCUT2D eigenvalue weighted by Crippen LogP contribution is -2.24. The second-order valence-corrected chi connectivity index (χ2v) is 5.04. The van der Waals surface area contributed by atoms with Gasteiger partial charge in [-0.05, 0) is 12.1 Å². The molecule has 0 spiro atoms. The van der Waals surface area contributed by atoms with Gasteiger partial charge in [-0.3, -0.25) is 4.79 Å². The smallest absolute Gasteiger partial charge is 0.304 e. The molecular formula is C13H16O5. The maximum Gasteiger partial charge on any atom is 0.304 e. The Morgan fingerprint density at radius 3 is 2.83 bits per heavy atom. The van der Waals surface area contributed by atoms with Crippen molar-refractivity contribution in [2.24, 2.45) is 5.41 Å². The van der Waals surface area contributed by atoms with Crippen LogP contribution in [-0.2, 0) is 4.79 Å². The van der Waals surface area contributed by atoms with Crippen molar-refractivity contribution in [3.63, 3.8) is 0 Å². The summed E-state index contributed by atoms with van der Waals surface area (Å²) in [4.78, 5) is 10.7. The van der Waals surface area contributed by atoms with Crippen LogP contribution in [0.3, 0.4) is 0 Å². The molecule has 1 heterocycles. The number of carboxylic acids is 1. The first kappa shape index (κ1) is 12.5. The summed E-state index contributed by atoms with van der Waals surface area (Å²) >= 11 is 0. The minimum atomic E-state index is -0.825. The highest BCUT2D eigenvalue weighted by atomic mass is 16.7. The van der Waals surface area contributed by atoms with E-state index < -0.39 is 11.4 Å². The van der Waals surface area contributed by atoms with E-state index in [-0.39, 0.29) is 13.2 Å². The lowest BCUT2D eigenvalue weighted by atomic mass is 9.91. The molecule has 0 radical (unpaired) electrons. The monoisotopic (exact) mass is 252 g/mol. The highest BCUT2D eigenvalue weighted by Crippen LogP contribution is 2.35. The zero-order chi connectivity index (χ0) is 13.2. The number of fused-ring (bicyclic) bond motifs is 1. The first-order valence-corrected chi connectivity index (χ1v) is 5.70. The van der Waals surface area contributed by atoms with Gasteiger partial charge in [-0.25, -0.2) is 0 Å². The van der Waals surface area contributed by atoms with E-state index in [0.717, 1.165) is 0 Å². The number of rotatable bonds is 5. The fourth-order valence-corrected chi connectivity index (χ4v) is 1.71. The molecule has 0 fully saturated rings. The molecule has 1 aliphatic rings. The van der Waals surface area contributed by atoms with Crippen molar-refractivity contribution in [2.45, 2.75) is 20.3 Å². The summed E-state index contributed by atoms with van der Waals surface area (Å²) in [6.07, 6.45) is 0.0670. The Hall–Kier alpha value is -1.91. The van der Waals surface area contributed by atoms with Crippen LogP contribution in [0.5, 0.6) is 17.2 Å². The number of hydrogen-bond donors (Lipinski definition) is 1. The van der Waals surface area contributed by atoms with Crippen molar-refractivity contribution in [1.82, 2.24) is 0 Å². The van der Waals surface area contributed by atoms with Crippen LogP contribution in [0.1, 0.15) is 20.3 Å². The van der Waals surface area contributed by atoms with Crippen LogP contribution in [0.2, 0.25) is 0 Å². The maximum atomic E-state index is 10.7. The third-order valence-corrected chi connectivity index (χ3v) is 2.60. The standard InChI is InChI=1S/C13H16O5/c1-13(2,6-12(14)15)7-16-9-3-4-10-11(5-9)18-8-17-10/h3-5H,6-8H2,1-2H3,(H,14,15). The van der Waals surface area contributed by atoms with Crippen molar-refractivity contribution < 1.29 is 24.1 Å². The summed E-state index contributed by atoms with van der Waals surface area (Å²) in [5.41, 5.74) is -0.414. The van der Waals surface area contributed by atoms with Gasteiger partial charge in [-0.1, -0.05) is 13.8 Å². The van der Waals surface area contributed by atoms with E-state index in [1.807, 2.05) is 13.8 Å². The Balaban J connectivity index is 1.96. The molecule has 1 N–H and O–H groups in total. The molecule has 0 bridgehead atoms. The third kappa shape index (κ3) is 3.06. The van der Waals surface area contributed by atoms with Crippen LogP contribution in [0.4, 0.5) is 0 Å². The summed E-state index contributed by atoms with van der Waals surface area (Å²) < 4.78 is 16.0. The van der Waals surface area contributed by atoms with Crippen molar-refractivity contribution in [1.29, 1.82) is 0 Å². The molecule has 5 heteroatoms. The molecular weight excluding hydrogens is 236 g/mol. The number of carbonyl (C=O) groups is 1. The Morgan fingerprint density at radius 1 is 1.39 bits per heavy atom. The zero-order valence-electron chi connectivity index (χ0n) is 10.4. The van der Waals surface area contributed by atoms with Crippen LogP contribution in [0, 0.1) is 5.41 Å². The van der Waals surface area contributed by atoms with Crippen LogP contribution >= 0.6 is 0 Å². The molecule has 1 aromatic carbocycles. The first-order chi connectivity index (χ1) is 8.46. The lowest BCUT2D eigenvalue weighted by molar-refractivity contribution is -0.139. The fraction of sp³-hybridized carbons (Fsp3) is 0.462. The summed E-state index contributed by atoms with van der Waals surface area (Å²) in [7, 11) is 0. The van der Waals surface area contributed by atoms with Gasteiger partial charge in [0.1, 0.15) is 5.75 Å². The van der Waals surface area contributed by atoms with Gasteiger partial charge in [-0.15, -0.1) is 0 Å². The minimum Gasteiger partial charge on any atom is -0.493 e. The highest BCUT2D eigenvalue weighted by Gasteiger charge is 2.23. The summed E-state index contributed by atoms with van der Waals surface area (Å²) in [6, 6.07) is 5.31. The van der Waals surface area contributed by atoms with E-state index in [4.69, 9.17) is 19.3 Å². The second kappa shape index (κ2) is 4.76. The molecule has 98 valence electrons. The summed E-state index contributed by atoms with van der Waals surface area (Å²) in [5, 5.41) is 8.78. The predicted molar refractivity (Wildman–Crippen MR) is 64.1 cm³/mol. The molecule has 0 amide bonds. The number of ether oxygens (including phenoxy) is 3. The predicted octanol–water partition coefficient (Wildman–Crippen LogP) is 2.29. The highest BCUT2D eigenvalue weighted by molar-refractivity contribution is 5.67. The Kier molecular flexibility index (Phi) is 3.32. The van der Waals surface area contributed by atoms with E-state index in [2.05, 4.69) is 0 Å². The maximum absolute atomic E-state index is 10.7. The fourth-order valence-electron chi connectivity index (χ4n) is 1.71. The third-order valence-electron chi connectivity index (χ3n) is 2.60. The number of aliphatic carboxylic acids is 1. The zero-order valence-corrected chi connectivity index (χ0v) is 10.4. The lowest BCUT2D eigenvalue weighted by Gasteiger charge is -2.22. The molecule has 0 aromatic heterocycles. The van der Waals surface area contributed by atoms with E-state index in [1.54, 1.807) is 18.2 Å². The van der Waals surface area contributed by atoms with Crippen LogP contribution in [0.15, 0.2) is 18.2 Å². The largest absolute Gasteiger partial charge is 0.493 e. The second-order valence-electron chi connectivity index (χ2n) is 5.04. The van der Waals surface area contributed by atoms with Crippen molar-refractivity contribution in [3.8, 4) is 17.2 Å². The van der Waals surface area contributed by atoms with E-state index in [0.29, 0.717) is 23.9 Å². The van der Waals surface area contributed by atoms with Gasteiger partial charge in [0, 0.05) is 11.5 Å². The van der Waals surface area contributed by atoms with Gasteiger partial charge in [0.25, 0.3) is 0 Å². The Labute approximate surface area is 105 Å². The molecule has 0 unspecified atom stereocenters. The van der Waals surface area contributed by atoms with Gasteiger partial charge in [0.15, 0.2) is 11.5 Å². The van der Waals surface area contributed by atoms with Crippen molar-refractivity contribution >= 4 is 5.97 Å². The quantitative estimate of drug-likeness (QED) is 0.871. The summed E-state index contributed by atoms with van der Waals surface area (Å²) in [5.74, 6) is 1.18. The average Bonchev–Trinajstić information content (AvgIpc) is 2.71. The number of carboxylic acid groups (broad SMARTS) is 1. The molecule has 2 rings (SSSR count). The summed E-state index contributed by atoms with van der Waals surface area (Å²) in [6.45, 7) is 4.27. The Bertz CT molecular complexity index is 453. The van der Waals surface area contributed by atoms with Crippen LogP contribution < -0.4 is 14.2 Å². The van der Waals surface area contributed by atoms with E-state index >= 15 is 0 Å². The molecule has 0 aliphatic carbocycles. The number of hydrogen-bond acceptors (Lipinski definition) is 4. The molecule has 1 aliphatic heterocycles. The Morgan fingerprint density at radius 2 is 2.11 bits per heavy atom. The molecule has 0 saturated heterocycles. The van der Waals surface area contributed by atoms with Gasteiger partial charge < -0.3 is 19.3 Å². The first-order valence-electron chi connectivity index (χ1n) is 5.70. The van der Waals surface area contributed by atoms with Crippen molar-refractivity contribution in [3.05, 3.63) is 18.2 Å². The number of benzene rings is 1.